The van der Waals surface area contributed by atoms with Crippen LogP contribution in [0.1, 0.15) is 6.92 Å². The molecule has 6 nitrogen and oxygen atoms in total. The number of amides is 2. The summed E-state index contributed by atoms with van der Waals surface area (Å²) in [4.78, 5) is 23.4. The molecular weight excluding hydrogens is 325 g/mol. The van der Waals surface area contributed by atoms with Gasteiger partial charge in [-0.2, -0.15) is 13.2 Å². The molecule has 9 heteroatoms. The molecule has 2 unspecified atom stereocenters. The molecule has 1 fully saturated rings. The van der Waals surface area contributed by atoms with Crippen LogP contribution in [0.5, 0.6) is 0 Å². The minimum absolute atomic E-state index is 0.239. The molecule has 0 aromatic heterocycles. The lowest BCUT2D eigenvalue weighted by Gasteiger charge is -2.31. The highest BCUT2D eigenvalue weighted by Gasteiger charge is 2.46. The molecule has 1 aliphatic heterocycles. The van der Waals surface area contributed by atoms with E-state index in [1.165, 1.54) is 5.01 Å². The SMILES string of the molecule is C[C@H](CNC(=O)C(F)(F)F)C1C(N)C(=O)N(c2ccccc2)N1C. The normalized spacial score (nSPS) is 23.4. The Kier molecular flexibility index (Phi) is 5.14. The highest BCUT2D eigenvalue weighted by molar-refractivity contribution is 5.99. The summed E-state index contributed by atoms with van der Waals surface area (Å²) < 4.78 is 36.8. The molecule has 3 N–H and O–H groups in total. The number of likely N-dealkylation sites (N-methyl/N-ethyl adjacent to an activating group) is 1. The maximum absolute atomic E-state index is 12.4. The summed E-state index contributed by atoms with van der Waals surface area (Å²) >= 11 is 0. The number of hydrogen-bond donors (Lipinski definition) is 2. The molecule has 1 aliphatic rings. The van der Waals surface area contributed by atoms with Gasteiger partial charge in [0.15, 0.2) is 0 Å². The van der Waals surface area contributed by atoms with Gasteiger partial charge in [-0.15, -0.1) is 0 Å². The topological polar surface area (TPSA) is 78.7 Å². The third-order valence-electron chi connectivity index (χ3n) is 4.03. The Morgan fingerprint density at radius 1 is 1.33 bits per heavy atom. The Balaban J connectivity index is 2.10. The van der Waals surface area contributed by atoms with E-state index in [1.807, 2.05) is 5.32 Å². The van der Waals surface area contributed by atoms with E-state index in [2.05, 4.69) is 0 Å². The predicted octanol–water partition coefficient (Wildman–Crippen LogP) is 0.890. The van der Waals surface area contributed by atoms with Crippen LogP contribution < -0.4 is 16.1 Å². The fraction of sp³-hybridized carbons (Fsp3) is 0.467. The quantitative estimate of drug-likeness (QED) is 0.850. The van der Waals surface area contributed by atoms with Crippen LogP contribution in [0.15, 0.2) is 30.3 Å². The molecule has 2 amide bonds. The first-order valence-corrected chi connectivity index (χ1v) is 7.37. The zero-order valence-corrected chi connectivity index (χ0v) is 13.2. The highest BCUT2D eigenvalue weighted by atomic mass is 19.4. The maximum Gasteiger partial charge on any atom is 0.471 e. The van der Waals surface area contributed by atoms with Crippen molar-refractivity contribution < 1.29 is 22.8 Å². The molecule has 0 bridgehead atoms. The zero-order valence-electron chi connectivity index (χ0n) is 13.2. The Bertz CT molecular complexity index is 608. The van der Waals surface area contributed by atoms with E-state index in [0.717, 1.165) is 0 Å². The molecule has 3 atom stereocenters. The lowest BCUT2D eigenvalue weighted by Crippen LogP contribution is -2.49. The number of nitrogens with zero attached hydrogens (tertiary/aromatic N) is 2. The van der Waals surface area contributed by atoms with Crippen molar-refractivity contribution in [1.82, 2.24) is 10.3 Å². The number of para-hydroxylation sites is 1. The lowest BCUT2D eigenvalue weighted by molar-refractivity contribution is -0.173. The second kappa shape index (κ2) is 6.78. The highest BCUT2D eigenvalue weighted by Crippen LogP contribution is 2.28. The molecule has 2 rings (SSSR count). The van der Waals surface area contributed by atoms with Gasteiger partial charge in [-0.1, -0.05) is 25.1 Å². The standard InChI is InChI=1S/C15H19F3N4O2/c1-9(8-20-14(24)15(16,17)18)12-11(19)13(23)22(21(12)2)10-6-4-3-5-7-10/h3-7,9,11-12H,8,19H2,1-2H3,(H,20,24)/t9-,11?,12?/m1/s1. The van der Waals surface area contributed by atoms with Crippen LogP contribution in [0.3, 0.4) is 0 Å². The summed E-state index contributed by atoms with van der Waals surface area (Å²) in [5.74, 6) is -2.81. The van der Waals surface area contributed by atoms with Crippen LogP contribution >= 0.6 is 0 Å². The van der Waals surface area contributed by atoms with Gasteiger partial charge >= 0.3 is 12.1 Å². The summed E-state index contributed by atoms with van der Waals surface area (Å²) in [6.07, 6.45) is -4.94. The van der Waals surface area contributed by atoms with Crippen molar-refractivity contribution in [2.24, 2.45) is 11.7 Å². The third-order valence-corrected chi connectivity index (χ3v) is 4.03. The molecule has 0 saturated carbocycles. The van der Waals surface area contributed by atoms with Crippen LogP contribution in [-0.4, -0.2) is 48.7 Å². The molecule has 0 aliphatic carbocycles. The number of halogens is 3. The number of carbonyl (C=O) groups is 2. The Morgan fingerprint density at radius 3 is 2.46 bits per heavy atom. The first-order chi connectivity index (χ1) is 11.1. The Labute approximate surface area is 137 Å². The van der Waals surface area contributed by atoms with Crippen molar-refractivity contribution in [2.75, 3.05) is 18.6 Å². The van der Waals surface area contributed by atoms with Crippen molar-refractivity contribution in [3.05, 3.63) is 30.3 Å². The van der Waals surface area contributed by atoms with Crippen molar-refractivity contribution in [1.29, 1.82) is 0 Å². The van der Waals surface area contributed by atoms with E-state index in [0.29, 0.717) is 5.69 Å². The van der Waals surface area contributed by atoms with E-state index in [9.17, 15) is 22.8 Å². The number of anilines is 1. The molecular formula is C15H19F3N4O2. The number of alkyl halides is 3. The monoisotopic (exact) mass is 344 g/mol. The van der Waals surface area contributed by atoms with E-state index in [-0.39, 0.29) is 12.5 Å². The number of hydrazine groups is 1. The number of benzene rings is 1. The van der Waals surface area contributed by atoms with Gasteiger partial charge in [0, 0.05) is 13.6 Å². The van der Waals surface area contributed by atoms with Gasteiger partial charge in [0.1, 0.15) is 6.04 Å². The van der Waals surface area contributed by atoms with Gasteiger partial charge in [-0.05, 0) is 18.1 Å². The largest absolute Gasteiger partial charge is 0.471 e. The van der Waals surface area contributed by atoms with Gasteiger partial charge in [-0.3, -0.25) is 9.59 Å². The van der Waals surface area contributed by atoms with Crippen LogP contribution in [-0.2, 0) is 9.59 Å². The summed E-state index contributed by atoms with van der Waals surface area (Å²) in [7, 11) is 1.64. The van der Waals surface area contributed by atoms with E-state index >= 15 is 0 Å². The van der Waals surface area contributed by atoms with Crippen molar-refractivity contribution in [2.45, 2.75) is 25.2 Å². The van der Waals surface area contributed by atoms with Gasteiger partial charge < -0.3 is 11.1 Å². The molecule has 24 heavy (non-hydrogen) atoms. The van der Waals surface area contributed by atoms with Crippen molar-refractivity contribution in [3.63, 3.8) is 0 Å². The number of nitrogens with two attached hydrogens (primary N) is 1. The second-order valence-electron chi connectivity index (χ2n) is 5.76. The van der Waals surface area contributed by atoms with E-state index < -0.39 is 30.1 Å². The summed E-state index contributed by atoms with van der Waals surface area (Å²) in [6, 6.07) is 7.37. The molecule has 0 radical (unpaired) electrons. The van der Waals surface area contributed by atoms with E-state index in [4.69, 9.17) is 5.73 Å². The summed E-state index contributed by atoms with van der Waals surface area (Å²) in [5, 5.41) is 4.84. The van der Waals surface area contributed by atoms with Crippen LogP contribution in [0.4, 0.5) is 18.9 Å². The zero-order chi connectivity index (χ0) is 18.1. The van der Waals surface area contributed by atoms with Gasteiger partial charge in [0.2, 0.25) is 0 Å². The minimum Gasteiger partial charge on any atom is -0.348 e. The maximum atomic E-state index is 12.4. The molecule has 132 valence electrons. The third kappa shape index (κ3) is 3.51. The Hall–Kier alpha value is -2.13. The van der Waals surface area contributed by atoms with Crippen molar-refractivity contribution >= 4 is 17.5 Å². The van der Waals surface area contributed by atoms with E-state index in [1.54, 1.807) is 49.3 Å². The molecule has 0 spiro atoms. The predicted molar refractivity (Wildman–Crippen MR) is 81.7 cm³/mol. The number of nitrogens with one attached hydrogen (secondary N) is 1. The second-order valence-corrected chi connectivity index (χ2v) is 5.76. The molecule has 1 heterocycles. The molecule has 1 aromatic carbocycles. The first-order valence-electron chi connectivity index (χ1n) is 7.37. The average molecular weight is 344 g/mol. The van der Waals surface area contributed by atoms with Crippen LogP contribution in [0.2, 0.25) is 0 Å². The van der Waals surface area contributed by atoms with Crippen LogP contribution in [0, 0.1) is 5.92 Å². The van der Waals surface area contributed by atoms with Crippen molar-refractivity contribution in [3.8, 4) is 0 Å². The number of hydrogen-bond acceptors (Lipinski definition) is 4. The number of carbonyl (C=O) groups excluding carboxylic acids is 2. The number of rotatable bonds is 4. The minimum atomic E-state index is -4.94. The Morgan fingerprint density at radius 2 is 1.92 bits per heavy atom. The average Bonchev–Trinajstić information content (AvgIpc) is 2.74. The van der Waals surface area contributed by atoms with Gasteiger partial charge in [0.05, 0.1) is 11.7 Å². The lowest BCUT2D eigenvalue weighted by atomic mass is 9.96. The molecule has 1 aromatic rings. The van der Waals surface area contributed by atoms with Gasteiger partial charge in [-0.25, -0.2) is 10.0 Å². The first kappa shape index (κ1) is 18.2. The molecule has 1 saturated heterocycles. The summed E-state index contributed by atoms with van der Waals surface area (Å²) in [6.45, 7) is 1.40. The fourth-order valence-corrected chi connectivity index (χ4v) is 2.88. The summed E-state index contributed by atoms with van der Waals surface area (Å²) in [5.41, 5.74) is 6.59. The van der Waals surface area contributed by atoms with Crippen LogP contribution in [0.25, 0.3) is 0 Å². The smallest absolute Gasteiger partial charge is 0.348 e. The fourth-order valence-electron chi connectivity index (χ4n) is 2.88. The van der Waals surface area contributed by atoms with Gasteiger partial charge in [0.25, 0.3) is 5.91 Å².